The van der Waals surface area contributed by atoms with Crippen LogP contribution in [0.1, 0.15) is 15.9 Å². The molecule has 0 atom stereocenters. The second-order valence-electron chi connectivity index (χ2n) is 4.13. The molecule has 0 aliphatic carbocycles. The number of hydrogen-bond donors (Lipinski definition) is 1. The monoisotopic (exact) mass is 301 g/mol. The minimum Gasteiger partial charge on any atom is -0.322 e. The summed E-state index contributed by atoms with van der Waals surface area (Å²) in [4.78, 5) is 11.8. The van der Waals surface area contributed by atoms with Crippen molar-refractivity contribution < 1.29 is 26.7 Å². The van der Waals surface area contributed by atoms with Gasteiger partial charge in [0.25, 0.3) is 5.91 Å². The maximum Gasteiger partial charge on any atom is 0.419 e. The van der Waals surface area contributed by atoms with Gasteiger partial charge in [-0.2, -0.15) is 13.2 Å². The normalized spacial score (nSPS) is 11.3. The van der Waals surface area contributed by atoms with Gasteiger partial charge in [-0.1, -0.05) is 6.07 Å². The lowest BCUT2D eigenvalue weighted by Gasteiger charge is -2.11. The summed E-state index contributed by atoms with van der Waals surface area (Å²) < 4.78 is 64.1. The first-order valence-corrected chi connectivity index (χ1v) is 5.71. The number of carbonyl (C=O) groups excluding carboxylic acids is 1. The number of amides is 1. The van der Waals surface area contributed by atoms with Gasteiger partial charge in [0.2, 0.25) is 0 Å². The van der Waals surface area contributed by atoms with Gasteiger partial charge >= 0.3 is 6.18 Å². The number of carbonyl (C=O) groups is 1. The highest BCUT2D eigenvalue weighted by Crippen LogP contribution is 2.32. The Balaban J connectivity index is 2.30. The quantitative estimate of drug-likeness (QED) is 0.826. The third-order valence-electron chi connectivity index (χ3n) is 2.65. The molecule has 0 heterocycles. The van der Waals surface area contributed by atoms with E-state index in [1.165, 1.54) is 12.1 Å². The minimum atomic E-state index is -4.89. The molecule has 0 aliphatic rings. The third kappa shape index (κ3) is 3.36. The van der Waals surface area contributed by atoms with Crippen LogP contribution in [0.4, 0.5) is 27.6 Å². The molecule has 2 aromatic rings. The fraction of sp³-hybridized carbons (Fsp3) is 0.0714. The lowest BCUT2D eigenvalue weighted by Crippen LogP contribution is -2.17. The van der Waals surface area contributed by atoms with E-state index in [1.807, 2.05) is 0 Å². The predicted molar refractivity (Wildman–Crippen MR) is 65.8 cm³/mol. The zero-order valence-electron chi connectivity index (χ0n) is 10.3. The molecule has 0 bridgehead atoms. The van der Waals surface area contributed by atoms with Crippen molar-refractivity contribution in [2.75, 3.05) is 5.32 Å². The first kappa shape index (κ1) is 15.0. The molecule has 0 radical (unpaired) electrons. The Kier molecular flexibility index (Phi) is 3.93. The number of rotatable bonds is 2. The van der Waals surface area contributed by atoms with Crippen LogP contribution in [0.3, 0.4) is 0 Å². The van der Waals surface area contributed by atoms with Gasteiger partial charge < -0.3 is 5.32 Å². The Labute approximate surface area is 116 Å². The van der Waals surface area contributed by atoms with E-state index in [1.54, 1.807) is 0 Å². The van der Waals surface area contributed by atoms with Crippen LogP contribution < -0.4 is 5.32 Å². The predicted octanol–water partition coefficient (Wildman–Crippen LogP) is 4.24. The molecular formula is C14H8F5NO. The molecular weight excluding hydrogens is 293 g/mol. The standard InChI is InChI=1S/C14H8F5NO/c15-8-4-6-9(7-5-8)20-13(21)10-2-1-3-11(12(10)16)14(17,18)19/h1-7H,(H,20,21). The Hall–Kier alpha value is -2.44. The molecule has 2 rings (SSSR count). The summed E-state index contributed by atoms with van der Waals surface area (Å²) in [7, 11) is 0. The Morgan fingerprint density at radius 2 is 1.57 bits per heavy atom. The van der Waals surface area contributed by atoms with Crippen molar-refractivity contribution in [3.63, 3.8) is 0 Å². The Bertz CT molecular complexity index is 664. The topological polar surface area (TPSA) is 29.1 Å². The van der Waals surface area contributed by atoms with Crippen molar-refractivity contribution in [2.45, 2.75) is 6.18 Å². The van der Waals surface area contributed by atoms with Crippen LogP contribution in [0.5, 0.6) is 0 Å². The van der Waals surface area contributed by atoms with Crippen molar-refractivity contribution in [2.24, 2.45) is 0 Å². The summed E-state index contributed by atoms with van der Waals surface area (Å²) in [5, 5.41) is 2.19. The average molecular weight is 301 g/mol. The lowest BCUT2D eigenvalue weighted by atomic mass is 10.1. The van der Waals surface area contributed by atoms with Gasteiger partial charge in [-0.05, 0) is 36.4 Å². The summed E-state index contributed by atoms with van der Waals surface area (Å²) in [6.07, 6.45) is -4.89. The molecule has 0 saturated carbocycles. The van der Waals surface area contributed by atoms with Gasteiger partial charge in [0.05, 0.1) is 11.1 Å². The molecule has 1 amide bonds. The van der Waals surface area contributed by atoms with Crippen molar-refractivity contribution >= 4 is 11.6 Å². The van der Waals surface area contributed by atoms with Crippen LogP contribution in [0.15, 0.2) is 42.5 Å². The molecule has 2 aromatic carbocycles. The summed E-state index contributed by atoms with van der Waals surface area (Å²) in [6.45, 7) is 0. The highest BCUT2D eigenvalue weighted by atomic mass is 19.4. The van der Waals surface area contributed by atoms with E-state index in [0.29, 0.717) is 6.07 Å². The maximum atomic E-state index is 13.7. The van der Waals surface area contributed by atoms with Gasteiger partial charge in [-0.25, -0.2) is 8.78 Å². The van der Waals surface area contributed by atoms with E-state index >= 15 is 0 Å². The molecule has 0 aliphatic heterocycles. The van der Waals surface area contributed by atoms with Crippen LogP contribution >= 0.6 is 0 Å². The number of hydrogen-bond acceptors (Lipinski definition) is 1. The molecule has 0 aromatic heterocycles. The molecule has 0 unspecified atom stereocenters. The number of alkyl halides is 3. The van der Waals surface area contributed by atoms with E-state index in [-0.39, 0.29) is 5.69 Å². The fourth-order valence-electron chi connectivity index (χ4n) is 1.66. The Morgan fingerprint density at radius 1 is 0.952 bits per heavy atom. The van der Waals surface area contributed by atoms with E-state index in [2.05, 4.69) is 5.32 Å². The molecule has 21 heavy (non-hydrogen) atoms. The van der Waals surface area contributed by atoms with E-state index in [4.69, 9.17) is 0 Å². The largest absolute Gasteiger partial charge is 0.419 e. The van der Waals surface area contributed by atoms with E-state index in [0.717, 1.165) is 24.3 Å². The zero-order chi connectivity index (χ0) is 15.6. The van der Waals surface area contributed by atoms with Gasteiger partial charge in [0, 0.05) is 5.69 Å². The molecule has 1 N–H and O–H groups in total. The SMILES string of the molecule is O=C(Nc1ccc(F)cc1)c1cccc(C(F)(F)F)c1F. The lowest BCUT2D eigenvalue weighted by molar-refractivity contribution is -0.140. The van der Waals surface area contributed by atoms with Gasteiger partial charge in [-0.15, -0.1) is 0 Å². The molecule has 0 saturated heterocycles. The Morgan fingerprint density at radius 3 is 2.14 bits per heavy atom. The smallest absolute Gasteiger partial charge is 0.322 e. The van der Waals surface area contributed by atoms with Gasteiger partial charge in [-0.3, -0.25) is 4.79 Å². The van der Waals surface area contributed by atoms with Crippen LogP contribution in [0.2, 0.25) is 0 Å². The van der Waals surface area contributed by atoms with Crippen molar-refractivity contribution in [1.29, 1.82) is 0 Å². The maximum absolute atomic E-state index is 13.7. The molecule has 110 valence electrons. The van der Waals surface area contributed by atoms with Crippen LogP contribution in [-0.4, -0.2) is 5.91 Å². The molecule has 2 nitrogen and oxygen atoms in total. The minimum absolute atomic E-state index is 0.137. The highest BCUT2D eigenvalue weighted by Gasteiger charge is 2.35. The number of anilines is 1. The number of nitrogens with one attached hydrogen (secondary N) is 1. The van der Waals surface area contributed by atoms with E-state index in [9.17, 15) is 26.7 Å². The first-order chi connectivity index (χ1) is 9.79. The summed E-state index contributed by atoms with van der Waals surface area (Å²) in [6, 6.07) is 6.94. The van der Waals surface area contributed by atoms with Crippen molar-refractivity contribution in [3.05, 3.63) is 65.2 Å². The summed E-state index contributed by atoms with van der Waals surface area (Å²) in [5.41, 5.74) is -2.12. The van der Waals surface area contributed by atoms with Crippen molar-refractivity contribution in [1.82, 2.24) is 0 Å². The van der Waals surface area contributed by atoms with E-state index < -0.39 is 34.8 Å². The fourth-order valence-corrected chi connectivity index (χ4v) is 1.66. The third-order valence-corrected chi connectivity index (χ3v) is 2.65. The molecule has 7 heteroatoms. The first-order valence-electron chi connectivity index (χ1n) is 5.71. The number of benzene rings is 2. The van der Waals surface area contributed by atoms with Crippen molar-refractivity contribution in [3.8, 4) is 0 Å². The second-order valence-corrected chi connectivity index (χ2v) is 4.13. The number of halogens is 5. The second kappa shape index (κ2) is 5.51. The van der Waals surface area contributed by atoms with Gasteiger partial charge in [0.15, 0.2) is 0 Å². The molecule has 0 fully saturated rings. The zero-order valence-corrected chi connectivity index (χ0v) is 10.3. The van der Waals surface area contributed by atoms with Crippen LogP contribution in [0, 0.1) is 11.6 Å². The van der Waals surface area contributed by atoms with Crippen LogP contribution in [0.25, 0.3) is 0 Å². The highest BCUT2D eigenvalue weighted by molar-refractivity contribution is 6.04. The average Bonchev–Trinajstić information content (AvgIpc) is 2.40. The van der Waals surface area contributed by atoms with Gasteiger partial charge in [0.1, 0.15) is 11.6 Å². The van der Waals surface area contributed by atoms with Crippen LogP contribution in [-0.2, 0) is 6.18 Å². The molecule has 0 spiro atoms. The summed E-state index contributed by atoms with van der Waals surface area (Å²) >= 11 is 0. The summed E-state index contributed by atoms with van der Waals surface area (Å²) in [5.74, 6) is -3.24.